The number of halogens is 3. The number of benzene rings is 1. The van der Waals surface area contributed by atoms with Crippen LogP contribution >= 0.6 is 35.6 Å². The fourth-order valence-corrected chi connectivity index (χ4v) is 1.41. The zero-order chi connectivity index (χ0) is 18.5. The van der Waals surface area contributed by atoms with Crippen LogP contribution in [0.25, 0.3) is 0 Å². The quantitative estimate of drug-likeness (QED) is 0.341. The summed E-state index contributed by atoms with van der Waals surface area (Å²) in [5.74, 6) is 5.06. The standard InChI is InChI=1S/C7H5ClO.C5H10ClNO.C4H12N2.ClH/c8-7(9)6-4-2-1-3-5-6;1-3-7(4-2)5(6)8;1-4(2,3)6-5;/h1-5H;3-4H2,1-2H3;6H,5H2,1-3H3;1H. The first-order valence-electron chi connectivity index (χ1n) is 7.26. The van der Waals surface area contributed by atoms with Gasteiger partial charge in [-0.25, -0.2) is 0 Å². The zero-order valence-electron chi connectivity index (χ0n) is 14.8. The van der Waals surface area contributed by atoms with E-state index in [4.69, 9.17) is 29.0 Å². The second kappa shape index (κ2) is 15.7. The van der Waals surface area contributed by atoms with Crippen LogP contribution in [-0.2, 0) is 0 Å². The van der Waals surface area contributed by atoms with Crippen LogP contribution in [0.15, 0.2) is 30.3 Å². The third kappa shape index (κ3) is 17.5. The van der Waals surface area contributed by atoms with Gasteiger partial charge in [0.2, 0.25) is 0 Å². The Morgan fingerprint density at radius 1 is 1.08 bits per heavy atom. The fraction of sp³-hybridized carbons (Fsp3) is 0.500. The molecule has 0 aliphatic heterocycles. The molecule has 0 saturated heterocycles. The number of nitrogens with one attached hydrogen (secondary N) is 1. The summed E-state index contributed by atoms with van der Waals surface area (Å²) in [6.07, 6.45) is 0. The van der Waals surface area contributed by atoms with Crippen LogP contribution in [0.1, 0.15) is 45.0 Å². The Morgan fingerprint density at radius 3 is 1.58 bits per heavy atom. The molecule has 0 aliphatic carbocycles. The van der Waals surface area contributed by atoms with Crippen molar-refractivity contribution < 1.29 is 9.59 Å². The van der Waals surface area contributed by atoms with E-state index >= 15 is 0 Å². The monoisotopic (exact) mass is 399 g/mol. The first-order valence-corrected chi connectivity index (χ1v) is 8.01. The normalized spacial score (nSPS) is 9.33. The molecule has 1 rings (SSSR count). The zero-order valence-corrected chi connectivity index (χ0v) is 17.1. The molecule has 0 aromatic heterocycles. The highest BCUT2D eigenvalue weighted by Crippen LogP contribution is 2.01. The van der Waals surface area contributed by atoms with Crippen LogP contribution in [0.3, 0.4) is 0 Å². The lowest BCUT2D eigenvalue weighted by atomic mass is 10.1. The summed E-state index contributed by atoms with van der Waals surface area (Å²) < 4.78 is 0. The van der Waals surface area contributed by atoms with E-state index in [2.05, 4.69) is 5.43 Å². The molecular formula is C16H28Cl3N3O2. The van der Waals surface area contributed by atoms with Gasteiger partial charge in [-0.15, -0.1) is 12.4 Å². The average Bonchev–Trinajstić information content (AvgIpc) is 2.49. The van der Waals surface area contributed by atoms with Gasteiger partial charge in [0.05, 0.1) is 0 Å². The van der Waals surface area contributed by atoms with Crippen molar-refractivity contribution in [2.75, 3.05) is 13.1 Å². The topological polar surface area (TPSA) is 75.4 Å². The van der Waals surface area contributed by atoms with Gasteiger partial charge >= 0.3 is 5.37 Å². The number of hydrazine groups is 1. The maximum Gasteiger partial charge on any atom is 0.316 e. The van der Waals surface area contributed by atoms with Gasteiger partial charge in [-0.1, -0.05) is 30.3 Å². The SMILES string of the molecule is CC(C)(C)NN.CCN(CC)C(=O)Cl.Cl.O=C(Cl)c1ccccc1. The van der Waals surface area contributed by atoms with Crippen LogP contribution in [0.2, 0.25) is 0 Å². The van der Waals surface area contributed by atoms with E-state index in [-0.39, 0.29) is 23.3 Å². The lowest BCUT2D eigenvalue weighted by Gasteiger charge is -2.14. The lowest BCUT2D eigenvalue weighted by molar-refractivity contribution is 0.108. The van der Waals surface area contributed by atoms with Gasteiger partial charge in [0.25, 0.3) is 5.24 Å². The predicted molar refractivity (Wildman–Crippen MR) is 105 cm³/mol. The van der Waals surface area contributed by atoms with Gasteiger partial charge in [0, 0.05) is 24.2 Å². The van der Waals surface area contributed by atoms with Crippen molar-refractivity contribution in [1.82, 2.24) is 10.3 Å². The van der Waals surface area contributed by atoms with Crippen molar-refractivity contribution in [3.05, 3.63) is 35.9 Å². The second-order valence-corrected chi connectivity index (χ2v) is 6.13. The smallest absolute Gasteiger partial charge is 0.316 e. The van der Waals surface area contributed by atoms with E-state index in [1.165, 1.54) is 0 Å². The van der Waals surface area contributed by atoms with Crippen LogP contribution in [-0.4, -0.2) is 34.1 Å². The third-order valence-corrected chi connectivity index (χ3v) is 2.90. The van der Waals surface area contributed by atoms with Crippen molar-refractivity contribution in [1.29, 1.82) is 0 Å². The van der Waals surface area contributed by atoms with Gasteiger partial charge < -0.3 is 4.90 Å². The molecule has 24 heavy (non-hydrogen) atoms. The molecule has 1 amide bonds. The maximum atomic E-state index is 10.4. The summed E-state index contributed by atoms with van der Waals surface area (Å²) in [5.41, 5.74) is 3.21. The van der Waals surface area contributed by atoms with Gasteiger partial charge in [-0.3, -0.25) is 20.9 Å². The molecule has 140 valence electrons. The number of nitrogens with two attached hydrogens (primary N) is 1. The molecule has 0 bridgehead atoms. The third-order valence-electron chi connectivity index (χ3n) is 2.45. The second-order valence-electron chi connectivity index (χ2n) is 5.46. The van der Waals surface area contributed by atoms with Crippen LogP contribution in [0.5, 0.6) is 0 Å². The van der Waals surface area contributed by atoms with E-state index in [0.29, 0.717) is 18.7 Å². The van der Waals surface area contributed by atoms with E-state index in [0.717, 1.165) is 0 Å². The summed E-state index contributed by atoms with van der Waals surface area (Å²) in [4.78, 5) is 22.3. The number of hydrogen-bond acceptors (Lipinski definition) is 4. The Labute approximate surface area is 161 Å². The minimum Gasteiger partial charge on any atom is -0.330 e. The molecule has 0 aliphatic rings. The van der Waals surface area contributed by atoms with E-state index in [9.17, 15) is 9.59 Å². The Bertz CT molecular complexity index is 448. The number of hydrogen-bond donors (Lipinski definition) is 2. The molecular weight excluding hydrogens is 373 g/mol. The number of nitrogens with zero attached hydrogens (tertiary/aromatic N) is 1. The largest absolute Gasteiger partial charge is 0.330 e. The van der Waals surface area contributed by atoms with Gasteiger partial charge in [0.1, 0.15) is 0 Å². The molecule has 0 fully saturated rings. The first kappa shape index (κ1) is 28.0. The summed E-state index contributed by atoms with van der Waals surface area (Å²) in [5, 5.41) is -0.773. The van der Waals surface area contributed by atoms with Gasteiger partial charge in [0.15, 0.2) is 0 Å². The molecule has 1 aromatic rings. The van der Waals surface area contributed by atoms with E-state index in [1.807, 2.05) is 40.7 Å². The summed E-state index contributed by atoms with van der Waals surface area (Å²) in [6, 6.07) is 8.74. The highest BCUT2D eigenvalue weighted by molar-refractivity contribution is 6.67. The van der Waals surface area contributed by atoms with Gasteiger partial charge in [-0.05, 0) is 57.8 Å². The van der Waals surface area contributed by atoms with Crippen molar-refractivity contribution in [2.45, 2.75) is 40.2 Å². The number of amides is 1. The molecule has 5 nitrogen and oxygen atoms in total. The summed E-state index contributed by atoms with van der Waals surface area (Å²) in [6.45, 7) is 11.2. The Kier molecular flexibility index (Phi) is 18.3. The molecule has 0 unspecified atom stereocenters. The molecule has 0 atom stereocenters. The Morgan fingerprint density at radius 2 is 1.46 bits per heavy atom. The number of carbonyl (C=O) groups is 2. The van der Waals surface area contributed by atoms with E-state index in [1.54, 1.807) is 29.2 Å². The highest BCUT2D eigenvalue weighted by atomic mass is 35.5. The van der Waals surface area contributed by atoms with Crippen molar-refractivity contribution in [2.24, 2.45) is 5.84 Å². The minimum atomic E-state index is -0.407. The van der Waals surface area contributed by atoms with Crippen molar-refractivity contribution in [3.8, 4) is 0 Å². The van der Waals surface area contributed by atoms with Gasteiger partial charge in [-0.2, -0.15) is 0 Å². The summed E-state index contributed by atoms with van der Waals surface area (Å²) >= 11 is 10.3. The highest BCUT2D eigenvalue weighted by Gasteiger charge is 2.03. The van der Waals surface area contributed by atoms with Crippen LogP contribution < -0.4 is 11.3 Å². The first-order chi connectivity index (χ1) is 10.6. The van der Waals surface area contributed by atoms with Crippen LogP contribution in [0, 0.1) is 0 Å². The molecule has 0 radical (unpaired) electrons. The van der Waals surface area contributed by atoms with Crippen molar-refractivity contribution in [3.63, 3.8) is 0 Å². The molecule has 0 spiro atoms. The minimum absolute atomic E-state index is 0. The Balaban J connectivity index is -0.000000276. The molecule has 3 N–H and O–H groups in total. The predicted octanol–water partition coefficient (Wildman–Crippen LogP) is 4.42. The lowest BCUT2D eigenvalue weighted by Crippen LogP contribution is -2.41. The number of rotatable bonds is 3. The van der Waals surface area contributed by atoms with Crippen molar-refractivity contribution >= 4 is 46.2 Å². The summed E-state index contributed by atoms with van der Waals surface area (Å²) in [7, 11) is 0. The Hall–Kier alpha value is -0.850. The molecule has 0 saturated carbocycles. The average molecular weight is 401 g/mol. The number of carbonyl (C=O) groups excluding carboxylic acids is 2. The molecule has 8 heteroatoms. The van der Waals surface area contributed by atoms with Crippen LogP contribution in [0.4, 0.5) is 4.79 Å². The van der Waals surface area contributed by atoms with E-state index < -0.39 is 5.24 Å². The maximum absolute atomic E-state index is 10.4. The molecule has 1 aromatic carbocycles. The fourth-order valence-electron chi connectivity index (χ4n) is 1.04. The molecule has 0 heterocycles.